The van der Waals surface area contributed by atoms with Crippen LogP contribution >= 0.6 is 0 Å². The SMILES string of the molecule is COc1ccc(C)cc1S(=O)(=O)N1CCCC(COc2ccnc(C)c2)C1. The van der Waals surface area contributed by atoms with Gasteiger partial charge in [0.05, 0.1) is 13.7 Å². The zero-order valence-electron chi connectivity index (χ0n) is 16.0. The van der Waals surface area contributed by atoms with E-state index in [4.69, 9.17) is 9.47 Å². The maximum absolute atomic E-state index is 13.2. The van der Waals surface area contributed by atoms with Crippen molar-refractivity contribution in [2.45, 2.75) is 31.6 Å². The molecule has 0 spiro atoms. The third-order valence-electron chi connectivity index (χ3n) is 4.77. The molecule has 2 aromatic rings. The molecule has 1 aromatic carbocycles. The number of benzene rings is 1. The zero-order valence-corrected chi connectivity index (χ0v) is 16.8. The van der Waals surface area contributed by atoms with E-state index >= 15 is 0 Å². The maximum Gasteiger partial charge on any atom is 0.246 e. The lowest BCUT2D eigenvalue weighted by Gasteiger charge is -2.32. The van der Waals surface area contributed by atoms with Crippen LogP contribution in [0.4, 0.5) is 0 Å². The first kappa shape index (κ1) is 19.6. The van der Waals surface area contributed by atoms with Gasteiger partial charge in [0.2, 0.25) is 10.0 Å². The second kappa shape index (κ2) is 8.27. The van der Waals surface area contributed by atoms with Gasteiger partial charge in [-0.05, 0) is 50.5 Å². The number of hydrogen-bond donors (Lipinski definition) is 0. The Labute approximate surface area is 161 Å². The molecule has 6 nitrogen and oxygen atoms in total. The summed E-state index contributed by atoms with van der Waals surface area (Å²) < 4.78 is 39.1. The molecule has 2 heterocycles. The first-order valence-corrected chi connectivity index (χ1v) is 10.5. The molecule has 0 aliphatic carbocycles. The van der Waals surface area contributed by atoms with Crippen molar-refractivity contribution in [3.8, 4) is 11.5 Å². The van der Waals surface area contributed by atoms with E-state index in [0.717, 1.165) is 29.8 Å². The summed E-state index contributed by atoms with van der Waals surface area (Å²) in [6.45, 7) is 5.24. The number of hydrogen-bond acceptors (Lipinski definition) is 5. The molecule has 0 amide bonds. The fraction of sp³-hybridized carbons (Fsp3) is 0.450. The number of rotatable bonds is 6. The van der Waals surface area contributed by atoms with Gasteiger partial charge in [-0.2, -0.15) is 4.31 Å². The minimum Gasteiger partial charge on any atom is -0.495 e. The lowest BCUT2D eigenvalue weighted by atomic mass is 10.0. The van der Waals surface area contributed by atoms with E-state index < -0.39 is 10.0 Å². The minimum absolute atomic E-state index is 0.151. The van der Waals surface area contributed by atoms with Crippen LogP contribution < -0.4 is 9.47 Å². The van der Waals surface area contributed by atoms with Crippen LogP contribution in [0, 0.1) is 19.8 Å². The number of aromatic nitrogens is 1. The average Bonchev–Trinajstić information content (AvgIpc) is 2.66. The van der Waals surface area contributed by atoms with Crippen LogP contribution in [0.5, 0.6) is 11.5 Å². The predicted molar refractivity (Wildman–Crippen MR) is 104 cm³/mol. The Morgan fingerprint density at radius 2 is 2.04 bits per heavy atom. The fourth-order valence-electron chi connectivity index (χ4n) is 3.33. The predicted octanol–water partition coefficient (Wildman–Crippen LogP) is 3.19. The van der Waals surface area contributed by atoms with Gasteiger partial charge in [-0.1, -0.05) is 6.07 Å². The number of piperidine rings is 1. The largest absolute Gasteiger partial charge is 0.495 e. The van der Waals surface area contributed by atoms with Crippen molar-refractivity contribution in [3.05, 3.63) is 47.8 Å². The molecule has 1 unspecified atom stereocenters. The van der Waals surface area contributed by atoms with Crippen LogP contribution in [0.15, 0.2) is 41.4 Å². The van der Waals surface area contributed by atoms with E-state index in [1.807, 2.05) is 32.0 Å². The average molecular weight is 391 g/mol. The van der Waals surface area contributed by atoms with E-state index in [1.165, 1.54) is 7.11 Å². The number of methoxy groups -OCH3 is 1. The van der Waals surface area contributed by atoms with E-state index in [0.29, 0.717) is 25.4 Å². The van der Waals surface area contributed by atoms with Crippen molar-refractivity contribution in [2.75, 3.05) is 26.8 Å². The zero-order chi connectivity index (χ0) is 19.4. The summed E-state index contributed by atoms with van der Waals surface area (Å²) in [7, 11) is -2.11. The quantitative estimate of drug-likeness (QED) is 0.758. The van der Waals surface area contributed by atoms with Crippen molar-refractivity contribution < 1.29 is 17.9 Å². The Hall–Kier alpha value is -2.12. The first-order valence-electron chi connectivity index (χ1n) is 9.10. The number of ether oxygens (including phenoxy) is 2. The molecular formula is C20H26N2O4S. The van der Waals surface area contributed by atoms with Crippen LogP contribution in [-0.2, 0) is 10.0 Å². The topological polar surface area (TPSA) is 68.7 Å². The third-order valence-corrected chi connectivity index (χ3v) is 6.66. The molecule has 1 aromatic heterocycles. The van der Waals surface area contributed by atoms with Gasteiger partial charge < -0.3 is 9.47 Å². The summed E-state index contributed by atoms with van der Waals surface area (Å²) in [6.07, 6.45) is 3.48. The summed E-state index contributed by atoms with van der Waals surface area (Å²) in [4.78, 5) is 4.39. The molecule has 1 aliphatic rings. The van der Waals surface area contributed by atoms with Gasteiger partial charge in [0.25, 0.3) is 0 Å². The molecule has 1 fully saturated rings. The maximum atomic E-state index is 13.2. The van der Waals surface area contributed by atoms with Crippen molar-refractivity contribution in [1.82, 2.24) is 9.29 Å². The molecule has 27 heavy (non-hydrogen) atoms. The first-order chi connectivity index (χ1) is 12.9. The monoisotopic (exact) mass is 390 g/mol. The van der Waals surface area contributed by atoms with Gasteiger partial charge >= 0.3 is 0 Å². The van der Waals surface area contributed by atoms with Crippen molar-refractivity contribution in [1.29, 1.82) is 0 Å². The summed E-state index contributed by atoms with van der Waals surface area (Å²) in [6, 6.07) is 8.94. The number of nitrogens with zero attached hydrogens (tertiary/aromatic N) is 2. The molecule has 0 bridgehead atoms. The molecule has 0 radical (unpaired) electrons. The highest BCUT2D eigenvalue weighted by Crippen LogP contribution is 2.30. The second-order valence-corrected chi connectivity index (χ2v) is 8.88. The summed E-state index contributed by atoms with van der Waals surface area (Å²) in [5.41, 5.74) is 1.78. The summed E-state index contributed by atoms with van der Waals surface area (Å²) in [5.74, 6) is 1.30. The molecule has 1 aliphatic heterocycles. The minimum atomic E-state index is -3.61. The Morgan fingerprint density at radius 1 is 1.22 bits per heavy atom. The molecule has 7 heteroatoms. The van der Waals surface area contributed by atoms with Crippen molar-refractivity contribution in [3.63, 3.8) is 0 Å². The Balaban J connectivity index is 1.72. The van der Waals surface area contributed by atoms with Crippen LogP contribution in [0.3, 0.4) is 0 Å². The van der Waals surface area contributed by atoms with E-state index in [-0.39, 0.29) is 10.8 Å². The number of aryl methyl sites for hydroxylation is 2. The van der Waals surface area contributed by atoms with Gasteiger partial charge in [-0.25, -0.2) is 8.42 Å². The van der Waals surface area contributed by atoms with Crippen LogP contribution in [-0.4, -0.2) is 44.5 Å². The molecule has 0 N–H and O–H groups in total. The smallest absolute Gasteiger partial charge is 0.246 e. The molecule has 1 atom stereocenters. The number of sulfonamides is 1. The Kier molecular flexibility index (Phi) is 6.01. The van der Waals surface area contributed by atoms with Crippen LogP contribution in [0.25, 0.3) is 0 Å². The van der Waals surface area contributed by atoms with Gasteiger partial charge in [0.15, 0.2) is 0 Å². The molecule has 1 saturated heterocycles. The van der Waals surface area contributed by atoms with Gasteiger partial charge in [-0.15, -0.1) is 0 Å². The van der Waals surface area contributed by atoms with Crippen molar-refractivity contribution >= 4 is 10.0 Å². The highest BCUT2D eigenvalue weighted by molar-refractivity contribution is 7.89. The van der Waals surface area contributed by atoms with Crippen molar-refractivity contribution in [2.24, 2.45) is 5.92 Å². The Bertz CT molecular complexity index is 899. The van der Waals surface area contributed by atoms with Gasteiger partial charge in [0.1, 0.15) is 16.4 Å². The molecular weight excluding hydrogens is 364 g/mol. The van der Waals surface area contributed by atoms with Crippen LogP contribution in [0.1, 0.15) is 24.1 Å². The second-order valence-electron chi connectivity index (χ2n) is 6.97. The van der Waals surface area contributed by atoms with Gasteiger partial charge in [-0.3, -0.25) is 4.98 Å². The molecule has 3 rings (SSSR count). The van der Waals surface area contributed by atoms with E-state index in [1.54, 1.807) is 22.6 Å². The molecule has 0 saturated carbocycles. The lowest BCUT2D eigenvalue weighted by Crippen LogP contribution is -2.41. The summed E-state index contributed by atoms with van der Waals surface area (Å²) in [5, 5.41) is 0. The highest BCUT2D eigenvalue weighted by atomic mass is 32.2. The van der Waals surface area contributed by atoms with E-state index in [9.17, 15) is 8.42 Å². The number of pyridine rings is 1. The normalized spacial score (nSPS) is 18.3. The fourth-order valence-corrected chi connectivity index (χ4v) is 5.12. The summed E-state index contributed by atoms with van der Waals surface area (Å²) >= 11 is 0. The van der Waals surface area contributed by atoms with E-state index in [2.05, 4.69) is 4.98 Å². The highest BCUT2D eigenvalue weighted by Gasteiger charge is 2.32. The molecule has 146 valence electrons. The van der Waals surface area contributed by atoms with Crippen LogP contribution in [0.2, 0.25) is 0 Å². The third kappa shape index (κ3) is 4.59. The lowest BCUT2D eigenvalue weighted by molar-refractivity contribution is 0.180. The van der Waals surface area contributed by atoms with Gasteiger partial charge in [0, 0.05) is 37.0 Å². The Morgan fingerprint density at radius 3 is 2.78 bits per heavy atom. The standard InChI is InChI=1S/C20H26N2O4S/c1-15-6-7-19(25-3)20(11-15)27(23,24)22-10-4-5-17(13-22)14-26-18-8-9-21-16(2)12-18/h6-9,11-12,17H,4-5,10,13-14H2,1-3H3.